The van der Waals surface area contributed by atoms with Gasteiger partial charge in [0.1, 0.15) is 12.4 Å². The van der Waals surface area contributed by atoms with E-state index in [4.69, 9.17) is 9.84 Å². The van der Waals surface area contributed by atoms with Crippen LogP contribution in [0.2, 0.25) is 0 Å². The number of pyridine rings is 1. The van der Waals surface area contributed by atoms with Crippen molar-refractivity contribution in [2.24, 2.45) is 0 Å². The number of nitrogens with zero attached hydrogens (tertiary/aromatic N) is 1. The molecule has 5 nitrogen and oxygen atoms in total. The Balaban J connectivity index is 1.76. The van der Waals surface area contributed by atoms with E-state index in [0.717, 1.165) is 17.0 Å². The molecule has 1 heterocycles. The molecule has 0 aliphatic heterocycles. The Morgan fingerprint density at radius 3 is 2.70 bits per heavy atom. The molecule has 1 aromatic carbocycles. The van der Waals surface area contributed by atoms with Crippen molar-refractivity contribution in [2.75, 3.05) is 6.54 Å². The van der Waals surface area contributed by atoms with E-state index in [0.29, 0.717) is 26.0 Å². The van der Waals surface area contributed by atoms with E-state index in [1.165, 1.54) is 0 Å². The first-order valence-electron chi connectivity index (χ1n) is 7.70. The first-order chi connectivity index (χ1) is 11.1. The quantitative estimate of drug-likeness (QED) is 0.782. The zero-order chi connectivity index (χ0) is 16.5. The predicted molar refractivity (Wildman–Crippen MR) is 88.0 cm³/mol. The molecule has 1 atom stereocenters. The van der Waals surface area contributed by atoms with Gasteiger partial charge in [-0.2, -0.15) is 0 Å². The van der Waals surface area contributed by atoms with Crippen LogP contribution >= 0.6 is 0 Å². The molecule has 2 aromatic rings. The average Bonchev–Trinajstić information content (AvgIpc) is 2.55. The molecule has 0 radical (unpaired) electrons. The predicted octanol–water partition coefficient (Wildman–Crippen LogP) is 2.09. The topological polar surface area (TPSA) is 71.5 Å². The summed E-state index contributed by atoms with van der Waals surface area (Å²) >= 11 is 0. The summed E-state index contributed by atoms with van der Waals surface area (Å²) in [6, 6.07) is 13.1. The van der Waals surface area contributed by atoms with Crippen molar-refractivity contribution in [3.8, 4) is 5.75 Å². The lowest BCUT2D eigenvalue weighted by atomic mass is 10.1. The second-order valence-electron chi connectivity index (χ2n) is 5.42. The summed E-state index contributed by atoms with van der Waals surface area (Å²) in [7, 11) is 0. The highest BCUT2D eigenvalue weighted by Crippen LogP contribution is 2.14. The molecule has 2 N–H and O–H groups in total. The third-order valence-corrected chi connectivity index (χ3v) is 3.29. The van der Waals surface area contributed by atoms with E-state index >= 15 is 0 Å². The van der Waals surface area contributed by atoms with Crippen LogP contribution in [-0.2, 0) is 17.8 Å². The molecule has 0 aliphatic carbocycles. The van der Waals surface area contributed by atoms with Gasteiger partial charge in [0.25, 0.3) is 0 Å². The maximum atomic E-state index is 11.8. The van der Waals surface area contributed by atoms with Gasteiger partial charge in [-0.15, -0.1) is 0 Å². The van der Waals surface area contributed by atoms with Crippen molar-refractivity contribution in [1.29, 1.82) is 0 Å². The summed E-state index contributed by atoms with van der Waals surface area (Å²) in [5, 5.41) is 11.9. The molecule has 0 saturated carbocycles. The number of nitrogens with one attached hydrogen (secondary N) is 1. The lowest BCUT2D eigenvalue weighted by molar-refractivity contribution is -0.120. The number of carbonyl (C=O) groups excluding carboxylic acids is 1. The Morgan fingerprint density at radius 1 is 1.26 bits per heavy atom. The van der Waals surface area contributed by atoms with Crippen LogP contribution in [-0.4, -0.2) is 28.6 Å². The third-order valence-electron chi connectivity index (χ3n) is 3.29. The number of aliphatic hydroxyl groups is 1. The molecule has 2 rings (SSSR count). The van der Waals surface area contributed by atoms with Gasteiger partial charge in [-0.3, -0.25) is 9.78 Å². The number of carbonyl (C=O) groups is 1. The summed E-state index contributed by atoms with van der Waals surface area (Å²) in [4.78, 5) is 16.0. The molecule has 5 heteroatoms. The van der Waals surface area contributed by atoms with Gasteiger partial charge in [0.15, 0.2) is 0 Å². The second kappa shape index (κ2) is 8.90. The van der Waals surface area contributed by atoms with Gasteiger partial charge >= 0.3 is 0 Å². The molecule has 0 fully saturated rings. The minimum Gasteiger partial charge on any atom is -0.487 e. The molecule has 0 spiro atoms. The van der Waals surface area contributed by atoms with Crippen LogP contribution in [0.15, 0.2) is 48.7 Å². The number of hydrogen-bond acceptors (Lipinski definition) is 4. The minimum atomic E-state index is -0.397. The fourth-order valence-corrected chi connectivity index (χ4v) is 2.01. The Hall–Kier alpha value is -2.40. The van der Waals surface area contributed by atoms with E-state index in [1.807, 2.05) is 42.5 Å². The molecule has 1 unspecified atom stereocenters. The van der Waals surface area contributed by atoms with Crippen LogP contribution in [0, 0.1) is 0 Å². The highest BCUT2D eigenvalue weighted by atomic mass is 16.5. The smallest absolute Gasteiger partial charge is 0.224 e. The van der Waals surface area contributed by atoms with Crippen LogP contribution in [0.25, 0.3) is 0 Å². The Kier molecular flexibility index (Phi) is 6.56. The van der Waals surface area contributed by atoms with Gasteiger partial charge < -0.3 is 15.2 Å². The highest BCUT2D eigenvalue weighted by Gasteiger charge is 2.04. The molecule has 1 aromatic heterocycles. The number of rotatable bonds is 8. The third kappa shape index (κ3) is 6.48. The first-order valence-corrected chi connectivity index (χ1v) is 7.70. The van der Waals surface area contributed by atoms with Crippen LogP contribution in [0.1, 0.15) is 24.6 Å². The van der Waals surface area contributed by atoms with Crippen molar-refractivity contribution in [3.63, 3.8) is 0 Å². The van der Waals surface area contributed by atoms with Crippen LogP contribution in [0.5, 0.6) is 5.75 Å². The largest absolute Gasteiger partial charge is 0.487 e. The molecular formula is C18H22N2O3. The lowest BCUT2D eigenvalue weighted by Gasteiger charge is -2.08. The van der Waals surface area contributed by atoms with Crippen LogP contribution in [0.3, 0.4) is 0 Å². The molecule has 0 saturated heterocycles. The zero-order valence-corrected chi connectivity index (χ0v) is 13.2. The fourth-order valence-electron chi connectivity index (χ4n) is 2.01. The van der Waals surface area contributed by atoms with Gasteiger partial charge in [-0.05, 0) is 43.2 Å². The van der Waals surface area contributed by atoms with Crippen molar-refractivity contribution < 1.29 is 14.6 Å². The van der Waals surface area contributed by atoms with E-state index in [9.17, 15) is 4.79 Å². The lowest BCUT2D eigenvalue weighted by Crippen LogP contribution is -2.27. The average molecular weight is 314 g/mol. The summed E-state index contributed by atoms with van der Waals surface area (Å²) < 4.78 is 5.65. The molecule has 0 aliphatic rings. The SMILES string of the molecule is CC(O)CCNC(=O)Cc1ccc(OCc2ccccn2)cc1. The minimum absolute atomic E-state index is 0.0483. The van der Waals surface area contributed by atoms with Crippen LogP contribution < -0.4 is 10.1 Å². The van der Waals surface area contributed by atoms with Crippen molar-refractivity contribution in [1.82, 2.24) is 10.3 Å². The molecule has 1 amide bonds. The number of hydrogen-bond donors (Lipinski definition) is 2. The Morgan fingerprint density at radius 2 is 2.04 bits per heavy atom. The molecule has 0 bridgehead atoms. The van der Waals surface area contributed by atoms with Crippen LogP contribution in [0.4, 0.5) is 0 Å². The Bertz CT molecular complexity index is 597. The van der Waals surface area contributed by atoms with Gasteiger partial charge in [0, 0.05) is 12.7 Å². The van der Waals surface area contributed by atoms with E-state index in [1.54, 1.807) is 13.1 Å². The molecular weight excluding hydrogens is 292 g/mol. The number of ether oxygens (including phenoxy) is 1. The summed E-state index contributed by atoms with van der Waals surface area (Å²) in [6.45, 7) is 2.61. The number of amides is 1. The summed E-state index contributed by atoms with van der Waals surface area (Å²) in [5.41, 5.74) is 1.79. The number of benzene rings is 1. The molecule has 23 heavy (non-hydrogen) atoms. The van der Waals surface area contributed by atoms with Crippen molar-refractivity contribution >= 4 is 5.91 Å². The maximum absolute atomic E-state index is 11.8. The van der Waals surface area contributed by atoms with E-state index in [2.05, 4.69) is 10.3 Å². The summed E-state index contributed by atoms with van der Waals surface area (Å²) in [6.07, 6.45) is 2.22. The number of aliphatic hydroxyl groups excluding tert-OH is 1. The van der Waals surface area contributed by atoms with Gasteiger partial charge in [-0.25, -0.2) is 0 Å². The van der Waals surface area contributed by atoms with Gasteiger partial charge in [-0.1, -0.05) is 18.2 Å². The standard InChI is InChI=1S/C18H22N2O3/c1-14(21)9-11-20-18(22)12-15-5-7-17(8-6-15)23-13-16-4-2-3-10-19-16/h2-8,10,14,21H,9,11-13H2,1H3,(H,20,22). The monoisotopic (exact) mass is 314 g/mol. The van der Waals surface area contributed by atoms with Crippen molar-refractivity contribution in [2.45, 2.75) is 32.5 Å². The normalized spacial score (nSPS) is 11.7. The Labute approximate surface area is 136 Å². The van der Waals surface area contributed by atoms with Gasteiger partial charge in [0.2, 0.25) is 5.91 Å². The molecule has 122 valence electrons. The first kappa shape index (κ1) is 17.0. The zero-order valence-electron chi connectivity index (χ0n) is 13.2. The van der Waals surface area contributed by atoms with E-state index in [-0.39, 0.29) is 5.91 Å². The highest BCUT2D eigenvalue weighted by molar-refractivity contribution is 5.78. The summed E-state index contributed by atoms with van der Waals surface area (Å²) in [5.74, 6) is 0.696. The number of aromatic nitrogens is 1. The maximum Gasteiger partial charge on any atom is 0.224 e. The second-order valence-corrected chi connectivity index (χ2v) is 5.42. The fraction of sp³-hybridized carbons (Fsp3) is 0.333. The van der Waals surface area contributed by atoms with E-state index < -0.39 is 6.10 Å². The van der Waals surface area contributed by atoms with Gasteiger partial charge in [0.05, 0.1) is 18.2 Å². The van der Waals surface area contributed by atoms with Crippen molar-refractivity contribution in [3.05, 3.63) is 59.9 Å².